The van der Waals surface area contributed by atoms with E-state index >= 15 is 0 Å². The Hall–Kier alpha value is -0.370. The van der Waals surface area contributed by atoms with Gasteiger partial charge in [0, 0.05) is 12.8 Å². The van der Waals surface area contributed by atoms with Crippen molar-refractivity contribution < 1.29 is 4.79 Å². The molecule has 0 saturated heterocycles. The van der Waals surface area contributed by atoms with E-state index in [1.807, 2.05) is 0 Å². The van der Waals surface area contributed by atoms with E-state index in [-0.39, 0.29) is 0 Å². The Kier molecular flexibility index (Phi) is 22.0. The molecule has 0 spiro atoms. The molecule has 2 unspecified atom stereocenters. The van der Waals surface area contributed by atoms with E-state index in [2.05, 4.69) is 20.8 Å². The zero-order valence-corrected chi connectivity index (χ0v) is 20.5. The Morgan fingerprint density at radius 3 is 1.62 bits per heavy atom. The number of hydrogen-bond donors (Lipinski definition) is 1. The lowest BCUT2D eigenvalue weighted by atomic mass is 9.81. The van der Waals surface area contributed by atoms with Gasteiger partial charge in [-0.1, -0.05) is 124 Å². The third-order valence-corrected chi connectivity index (χ3v) is 6.62. The van der Waals surface area contributed by atoms with Gasteiger partial charge in [0.15, 0.2) is 0 Å². The highest BCUT2D eigenvalue weighted by Crippen LogP contribution is 2.28. The smallest absolute Gasteiger partial charge is 0.133 e. The summed E-state index contributed by atoms with van der Waals surface area (Å²) in [6.07, 6.45) is 25.2. The van der Waals surface area contributed by atoms with Crippen LogP contribution in [0, 0.1) is 11.8 Å². The first-order valence-electron chi connectivity index (χ1n) is 13.4. The van der Waals surface area contributed by atoms with Gasteiger partial charge in [-0.15, -0.1) is 0 Å². The molecule has 0 aliphatic carbocycles. The van der Waals surface area contributed by atoms with Crippen molar-refractivity contribution in [2.24, 2.45) is 17.6 Å². The van der Waals surface area contributed by atoms with Crippen molar-refractivity contribution in [2.75, 3.05) is 6.54 Å². The number of nitrogens with two attached hydrogens (primary N) is 1. The number of carbonyl (C=O) groups excluding carboxylic acids is 1. The minimum Gasteiger partial charge on any atom is -0.330 e. The van der Waals surface area contributed by atoms with Crippen molar-refractivity contribution in [3.8, 4) is 0 Å². The normalized spacial score (nSPS) is 13.5. The van der Waals surface area contributed by atoms with Gasteiger partial charge in [0.1, 0.15) is 5.78 Å². The van der Waals surface area contributed by atoms with E-state index in [0.717, 1.165) is 38.1 Å². The molecule has 0 amide bonds. The van der Waals surface area contributed by atoms with E-state index < -0.39 is 0 Å². The van der Waals surface area contributed by atoms with E-state index in [1.165, 1.54) is 103 Å². The van der Waals surface area contributed by atoms with Crippen LogP contribution in [-0.2, 0) is 4.79 Å². The summed E-state index contributed by atoms with van der Waals surface area (Å²) in [5.74, 6) is 1.84. The van der Waals surface area contributed by atoms with Crippen molar-refractivity contribution in [3.63, 3.8) is 0 Å². The Bertz CT molecular complexity index is 341. The first-order chi connectivity index (χ1) is 14.2. The van der Waals surface area contributed by atoms with Crippen molar-refractivity contribution in [1.82, 2.24) is 0 Å². The van der Waals surface area contributed by atoms with Crippen molar-refractivity contribution in [3.05, 3.63) is 0 Å². The van der Waals surface area contributed by atoms with Gasteiger partial charge < -0.3 is 5.73 Å². The Balaban J connectivity index is 4.16. The molecule has 0 saturated carbocycles. The monoisotopic (exact) mass is 409 g/mol. The van der Waals surface area contributed by atoms with Gasteiger partial charge in [-0.25, -0.2) is 0 Å². The highest BCUT2D eigenvalue weighted by Gasteiger charge is 2.19. The first-order valence-corrected chi connectivity index (χ1v) is 13.4. The maximum Gasteiger partial charge on any atom is 0.133 e. The van der Waals surface area contributed by atoms with Crippen LogP contribution in [0.4, 0.5) is 0 Å². The molecule has 0 bridgehead atoms. The van der Waals surface area contributed by atoms with Crippen LogP contribution >= 0.6 is 0 Å². The van der Waals surface area contributed by atoms with Crippen LogP contribution in [0.2, 0.25) is 0 Å². The predicted octanol–water partition coefficient (Wildman–Crippen LogP) is 8.61. The zero-order valence-electron chi connectivity index (χ0n) is 20.5. The SMILES string of the molecule is CCCCCCCCC(CCCCCCC)C(C)CC(=O)CCCCCCCN. The van der Waals surface area contributed by atoms with Crippen LogP contribution in [0.3, 0.4) is 0 Å². The summed E-state index contributed by atoms with van der Waals surface area (Å²) in [5.41, 5.74) is 5.54. The molecule has 2 nitrogen and oxygen atoms in total. The molecule has 0 heterocycles. The van der Waals surface area contributed by atoms with Gasteiger partial charge in [-0.3, -0.25) is 4.79 Å². The van der Waals surface area contributed by atoms with Gasteiger partial charge in [0.2, 0.25) is 0 Å². The van der Waals surface area contributed by atoms with Crippen molar-refractivity contribution in [1.29, 1.82) is 0 Å². The van der Waals surface area contributed by atoms with E-state index in [1.54, 1.807) is 0 Å². The first kappa shape index (κ1) is 28.6. The average molecular weight is 410 g/mol. The molecule has 174 valence electrons. The minimum atomic E-state index is 0.509. The molecular weight excluding hydrogens is 354 g/mol. The fourth-order valence-corrected chi connectivity index (χ4v) is 4.53. The summed E-state index contributed by atoms with van der Waals surface area (Å²) in [6.45, 7) is 7.72. The van der Waals surface area contributed by atoms with Crippen LogP contribution < -0.4 is 5.73 Å². The summed E-state index contributed by atoms with van der Waals surface area (Å²) in [5, 5.41) is 0. The average Bonchev–Trinajstić information content (AvgIpc) is 2.71. The zero-order chi connectivity index (χ0) is 21.6. The van der Waals surface area contributed by atoms with Gasteiger partial charge in [0.05, 0.1) is 0 Å². The molecule has 0 rings (SSSR count). The summed E-state index contributed by atoms with van der Waals surface area (Å²) in [6, 6.07) is 0. The molecule has 2 heteroatoms. The summed E-state index contributed by atoms with van der Waals surface area (Å²) in [7, 11) is 0. The molecule has 0 aliphatic rings. The number of rotatable bonds is 23. The quantitative estimate of drug-likeness (QED) is 0.172. The number of unbranched alkanes of at least 4 members (excludes halogenated alkanes) is 13. The lowest BCUT2D eigenvalue weighted by Crippen LogP contribution is -2.16. The van der Waals surface area contributed by atoms with Gasteiger partial charge >= 0.3 is 0 Å². The molecule has 0 aromatic carbocycles. The summed E-state index contributed by atoms with van der Waals surface area (Å²) >= 11 is 0. The van der Waals surface area contributed by atoms with Crippen LogP contribution in [0.1, 0.15) is 149 Å². The number of Topliss-reactive ketones (excluding diaryl/α,β-unsaturated/α-hetero) is 1. The van der Waals surface area contributed by atoms with E-state index in [9.17, 15) is 4.79 Å². The molecule has 2 N–H and O–H groups in total. The lowest BCUT2D eigenvalue weighted by molar-refractivity contribution is -0.120. The van der Waals surface area contributed by atoms with Gasteiger partial charge in [-0.2, -0.15) is 0 Å². The fourth-order valence-electron chi connectivity index (χ4n) is 4.53. The third kappa shape index (κ3) is 19.3. The van der Waals surface area contributed by atoms with Crippen LogP contribution in [0.25, 0.3) is 0 Å². The molecule has 0 aromatic rings. The predicted molar refractivity (Wildman–Crippen MR) is 130 cm³/mol. The maximum absolute atomic E-state index is 12.5. The van der Waals surface area contributed by atoms with Crippen molar-refractivity contribution >= 4 is 5.78 Å². The molecule has 0 fully saturated rings. The van der Waals surface area contributed by atoms with Gasteiger partial charge in [0.25, 0.3) is 0 Å². The van der Waals surface area contributed by atoms with E-state index in [0.29, 0.717) is 11.7 Å². The molecular formula is C27H55NO. The Morgan fingerprint density at radius 1 is 0.655 bits per heavy atom. The highest BCUT2D eigenvalue weighted by atomic mass is 16.1. The minimum absolute atomic E-state index is 0.509. The highest BCUT2D eigenvalue weighted by molar-refractivity contribution is 5.78. The molecule has 29 heavy (non-hydrogen) atoms. The fraction of sp³-hybridized carbons (Fsp3) is 0.963. The topological polar surface area (TPSA) is 43.1 Å². The molecule has 2 atom stereocenters. The Labute approximate surface area is 184 Å². The second-order valence-electron chi connectivity index (χ2n) is 9.55. The standard InChI is InChI=1S/C27H55NO/c1-4-6-8-10-13-17-21-26(20-16-12-9-7-5-2)25(3)24-27(29)22-18-14-11-15-19-23-28/h25-26H,4-24,28H2,1-3H3. The lowest BCUT2D eigenvalue weighted by Gasteiger charge is -2.24. The van der Waals surface area contributed by atoms with Gasteiger partial charge in [-0.05, 0) is 31.2 Å². The van der Waals surface area contributed by atoms with Crippen molar-refractivity contribution in [2.45, 2.75) is 149 Å². The summed E-state index contributed by atoms with van der Waals surface area (Å²) in [4.78, 5) is 12.5. The van der Waals surface area contributed by atoms with Crippen LogP contribution in [0.5, 0.6) is 0 Å². The number of carbonyl (C=O) groups is 1. The Morgan fingerprint density at radius 2 is 1.10 bits per heavy atom. The number of ketones is 1. The van der Waals surface area contributed by atoms with Crippen LogP contribution in [0.15, 0.2) is 0 Å². The molecule has 0 radical (unpaired) electrons. The second kappa shape index (κ2) is 22.3. The number of hydrogen-bond acceptors (Lipinski definition) is 2. The second-order valence-corrected chi connectivity index (χ2v) is 9.55. The molecule has 0 aromatic heterocycles. The molecule has 0 aliphatic heterocycles. The summed E-state index contributed by atoms with van der Waals surface area (Å²) < 4.78 is 0. The van der Waals surface area contributed by atoms with E-state index in [4.69, 9.17) is 5.73 Å². The maximum atomic E-state index is 12.5. The third-order valence-electron chi connectivity index (χ3n) is 6.62. The largest absolute Gasteiger partial charge is 0.330 e. The van der Waals surface area contributed by atoms with Crippen LogP contribution in [-0.4, -0.2) is 12.3 Å².